The van der Waals surface area contributed by atoms with Gasteiger partial charge < -0.3 is 14.5 Å². The molecule has 2 aromatic rings. The smallest absolute Gasteiger partial charge is 0.254 e. The van der Waals surface area contributed by atoms with E-state index in [1.54, 1.807) is 12.1 Å². The van der Waals surface area contributed by atoms with Crippen molar-refractivity contribution in [3.8, 4) is 5.75 Å². The van der Waals surface area contributed by atoms with Gasteiger partial charge in [-0.25, -0.2) is 0 Å². The molecule has 0 unspecified atom stereocenters. The predicted molar refractivity (Wildman–Crippen MR) is 105 cm³/mol. The fourth-order valence-corrected chi connectivity index (χ4v) is 3.35. The molecule has 0 saturated carbocycles. The Kier molecular flexibility index (Phi) is 6.12. The first kappa shape index (κ1) is 19.0. The van der Waals surface area contributed by atoms with Crippen molar-refractivity contribution in [1.82, 2.24) is 9.80 Å². The molecule has 142 valence electrons. The highest BCUT2D eigenvalue weighted by atomic mass is 16.5. The van der Waals surface area contributed by atoms with E-state index in [0.29, 0.717) is 38.3 Å². The molecule has 0 N–H and O–H groups in total. The normalized spacial score (nSPS) is 14.6. The molecule has 1 fully saturated rings. The summed E-state index contributed by atoms with van der Waals surface area (Å²) in [5.74, 6) is 0.812. The van der Waals surface area contributed by atoms with Crippen LogP contribution in [0.1, 0.15) is 39.6 Å². The van der Waals surface area contributed by atoms with Crippen LogP contribution in [-0.2, 0) is 0 Å². The molecule has 5 heteroatoms. The summed E-state index contributed by atoms with van der Waals surface area (Å²) in [7, 11) is 0. The van der Waals surface area contributed by atoms with Crippen molar-refractivity contribution in [2.45, 2.75) is 20.3 Å². The maximum absolute atomic E-state index is 12.8. The number of amides is 2. The van der Waals surface area contributed by atoms with Crippen molar-refractivity contribution < 1.29 is 14.3 Å². The molecular formula is C22H26N2O3. The summed E-state index contributed by atoms with van der Waals surface area (Å²) >= 11 is 0. The topological polar surface area (TPSA) is 49.9 Å². The highest BCUT2D eigenvalue weighted by molar-refractivity contribution is 5.96. The predicted octanol–water partition coefficient (Wildman–Crippen LogP) is 3.38. The van der Waals surface area contributed by atoms with Gasteiger partial charge in [-0.3, -0.25) is 9.59 Å². The third-order valence-electron chi connectivity index (χ3n) is 4.86. The van der Waals surface area contributed by atoms with Gasteiger partial charge in [0, 0.05) is 37.3 Å². The van der Waals surface area contributed by atoms with Gasteiger partial charge in [0.1, 0.15) is 5.75 Å². The van der Waals surface area contributed by atoms with Crippen LogP contribution in [0, 0.1) is 6.92 Å². The molecule has 5 nitrogen and oxygen atoms in total. The van der Waals surface area contributed by atoms with Crippen LogP contribution in [0.25, 0.3) is 0 Å². The number of rotatable bonds is 4. The summed E-state index contributed by atoms with van der Waals surface area (Å²) in [6.45, 7) is 6.90. The number of aryl methyl sites for hydroxylation is 1. The number of hydrogen-bond donors (Lipinski definition) is 0. The van der Waals surface area contributed by atoms with E-state index >= 15 is 0 Å². The van der Waals surface area contributed by atoms with Crippen LogP contribution in [0.15, 0.2) is 48.5 Å². The lowest BCUT2D eigenvalue weighted by Crippen LogP contribution is -2.37. The fourth-order valence-electron chi connectivity index (χ4n) is 3.35. The standard InChI is InChI=1S/C22H26N2O3/c1-3-27-19-11-9-18(10-12-19)21(25)23-13-6-14-24(16-15-23)22(26)20-8-5-4-7-17(20)2/h4-5,7-12H,3,6,13-16H2,1-2H3. The van der Waals surface area contributed by atoms with Crippen molar-refractivity contribution in [3.63, 3.8) is 0 Å². The van der Waals surface area contributed by atoms with E-state index < -0.39 is 0 Å². The average molecular weight is 366 g/mol. The van der Waals surface area contributed by atoms with Gasteiger partial charge in [-0.15, -0.1) is 0 Å². The van der Waals surface area contributed by atoms with Crippen LogP contribution in [0.5, 0.6) is 5.75 Å². The zero-order valence-electron chi connectivity index (χ0n) is 16.0. The zero-order chi connectivity index (χ0) is 19.2. The largest absolute Gasteiger partial charge is 0.494 e. The number of hydrogen-bond acceptors (Lipinski definition) is 3. The van der Waals surface area contributed by atoms with Gasteiger partial charge in [-0.2, -0.15) is 0 Å². The Balaban J connectivity index is 1.65. The number of ether oxygens (including phenoxy) is 1. The highest BCUT2D eigenvalue weighted by Gasteiger charge is 2.24. The second-order valence-electron chi connectivity index (χ2n) is 6.71. The summed E-state index contributed by atoms with van der Waals surface area (Å²) in [5, 5.41) is 0. The van der Waals surface area contributed by atoms with E-state index in [1.165, 1.54) is 0 Å². The van der Waals surface area contributed by atoms with Crippen LogP contribution < -0.4 is 4.74 Å². The lowest BCUT2D eigenvalue weighted by Gasteiger charge is -2.23. The Morgan fingerprint density at radius 2 is 1.52 bits per heavy atom. The lowest BCUT2D eigenvalue weighted by molar-refractivity contribution is 0.0718. The van der Waals surface area contributed by atoms with Crippen LogP contribution in [0.3, 0.4) is 0 Å². The summed E-state index contributed by atoms with van der Waals surface area (Å²) in [4.78, 5) is 29.3. The first-order valence-electron chi connectivity index (χ1n) is 9.47. The molecule has 27 heavy (non-hydrogen) atoms. The third kappa shape index (κ3) is 4.48. The molecule has 3 rings (SSSR count). The second-order valence-corrected chi connectivity index (χ2v) is 6.71. The van der Waals surface area contributed by atoms with E-state index in [4.69, 9.17) is 4.74 Å². The van der Waals surface area contributed by atoms with Crippen molar-refractivity contribution in [2.75, 3.05) is 32.8 Å². The van der Waals surface area contributed by atoms with E-state index in [1.807, 2.05) is 60.0 Å². The summed E-state index contributed by atoms with van der Waals surface area (Å²) in [5.41, 5.74) is 2.37. The van der Waals surface area contributed by atoms with Gasteiger partial charge in [-0.1, -0.05) is 18.2 Å². The molecule has 0 aromatic heterocycles. The summed E-state index contributed by atoms with van der Waals surface area (Å²) < 4.78 is 5.43. The van der Waals surface area contributed by atoms with Gasteiger partial charge in [0.05, 0.1) is 6.61 Å². The summed E-state index contributed by atoms with van der Waals surface area (Å²) in [6, 6.07) is 14.9. The Morgan fingerprint density at radius 3 is 2.15 bits per heavy atom. The first-order chi connectivity index (χ1) is 13.1. The van der Waals surface area contributed by atoms with Gasteiger partial charge in [0.25, 0.3) is 11.8 Å². The minimum atomic E-state index is 0.00300. The van der Waals surface area contributed by atoms with Gasteiger partial charge in [0.2, 0.25) is 0 Å². The minimum absolute atomic E-state index is 0.00300. The Hall–Kier alpha value is -2.82. The van der Waals surface area contributed by atoms with Crippen molar-refractivity contribution in [2.24, 2.45) is 0 Å². The average Bonchev–Trinajstić information content (AvgIpc) is 2.94. The van der Waals surface area contributed by atoms with Crippen molar-refractivity contribution in [1.29, 1.82) is 0 Å². The molecular weight excluding hydrogens is 340 g/mol. The van der Waals surface area contributed by atoms with Crippen LogP contribution >= 0.6 is 0 Å². The van der Waals surface area contributed by atoms with Crippen LogP contribution in [-0.4, -0.2) is 54.4 Å². The molecule has 1 aliphatic heterocycles. The fraction of sp³-hybridized carbons (Fsp3) is 0.364. The van der Waals surface area contributed by atoms with Gasteiger partial charge in [-0.05, 0) is 56.2 Å². The van der Waals surface area contributed by atoms with Gasteiger partial charge in [0.15, 0.2) is 0 Å². The highest BCUT2D eigenvalue weighted by Crippen LogP contribution is 2.16. The Bertz CT molecular complexity index is 801. The molecule has 2 amide bonds. The third-order valence-corrected chi connectivity index (χ3v) is 4.86. The number of carbonyl (C=O) groups excluding carboxylic acids is 2. The maximum Gasteiger partial charge on any atom is 0.254 e. The molecule has 1 aliphatic rings. The maximum atomic E-state index is 12.8. The molecule has 1 heterocycles. The quantitative estimate of drug-likeness (QED) is 0.833. The molecule has 0 spiro atoms. The Morgan fingerprint density at radius 1 is 0.889 bits per heavy atom. The number of benzene rings is 2. The molecule has 0 atom stereocenters. The zero-order valence-corrected chi connectivity index (χ0v) is 16.0. The SMILES string of the molecule is CCOc1ccc(C(=O)N2CCCN(C(=O)c3ccccc3C)CC2)cc1. The second kappa shape index (κ2) is 8.71. The number of carbonyl (C=O) groups is 2. The molecule has 0 aliphatic carbocycles. The lowest BCUT2D eigenvalue weighted by atomic mass is 10.1. The van der Waals surface area contributed by atoms with E-state index in [2.05, 4.69) is 0 Å². The summed E-state index contributed by atoms with van der Waals surface area (Å²) in [6.07, 6.45) is 0.778. The van der Waals surface area contributed by atoms with Crippen molar-refractivity contribution in [3.05, 3.63) is 65.2 Å². The van der Waals surface area contributed by atoms with E-state index in [0.717, 1.165) is 23.3 Å². The van der Waals surface area contributed by atoms with Crippen molar-refractivity contribution >= 4 is 11.8 Å². The van der Waals surface area contributed by atoms with Crippen LogP contribution in [0.2, 0.25) is 0 Å². The molecule has 0 radical (unpaired) electrons. The number of nitrogens with zero attached hydrogens (tertiary/aromatic N) is 2. The van der Waals surface area contributed by atoms with Gasteiger partial charge >= 0.3 is 0 Å². The Labute approximate surface area is 160 Å². The molecule has 1 saturated heterocycles. The monoisotopic (exact) mass is 366 g/mol. The molecule has 2 aromatic carbocycles. The molecule has 0 bridgehead atoms. The first-order valence-corrected chi connectivity index (χ1v) is 9.47. The minimum Gasteiger partial charge on any atom is -0.494 e. The van der Waals surface area contributed by atoms with Crippen LogP contribution in [0.4, 0.5) is 0 Å². The van der Waals surface area contributed by atoms with E-state index in [-0.39, 0.29) is 11.8 Å². The van der Waals surface area contributed by atoms with E-state index in [9.17, 15) is 9.59 Å².